The van der Waals surface area contributed by atoms with Gasteiger partial charge in [-0.3, -0.25) is 0 Å². The lowest BCUT2D eigenvalue weighted by Gasteiger charge is -2.10. The highest BCUT2D eigenvalue weighted by Crippen LogP contribution is 2.22. The van der Waals surface area contributed by atoms with Crippen LogP contribution in [0.1, 0.15) is 11.1 Å². The average Bonchev–Trinajstić information content (AvgIpc) is 2.48. The van der Waals surface area contributed by atoms with Crippen molar-refractivity contribution in [2.75, 3.05) is 20.0 Å². The fourth-order valence-electron chi connectivity index (χ4n) is 1.91. The molecule has 0 aliphatic rings. The summed E-state index contributed by atoms with van der Waals surface area (Å²) >= 11 is 0. The second kappa shape index (κ2) is 6.82. The molecule has 0 atom stereocenters. The van der Waals surface area contributed by atoms with E-state index in [1.54, 1.807) is 14.2 Å². The predicted molar refractivity (Wildman–Crippen MR) is 78.9 cm³/mol. The molecule has 0 aromatic heterocycles. The van der Waals surface area contributed by atoms with E-state index in [0.717, 1.165) is 22.6 Å². The number of rotatable bonds is 6. The van der Waals surface area contributed by atoms with E-state index in [2.05, 4.69) is 0 Å². The van der Waals surface area contributed by atoms with Gasteiger partial charge in [-0.15, -0.1) is 0 Å². The number of ether oxygens (including phenoxy) is 3. The van der Waals surface area contributed by atoms with Gasteiger partial charge in [-0.2, -0.15) is 0 Å². The summed E-state index contributed by atoms with van der Waals surface area (Å²) < 4.78 is 16.1. The van der Waals surface area contributed by atoms with Gasteiger partial charge in [0.25, 0.3) is 0 Å². The van der Waals surface area contributed by atoms with E-state index in [1.165, 1.54) is 0 Å². The highest BCUT2D eigenvalue weighted by Gasteiger charge is 2.04. The van der Waals surface area contributed by atoms with E-state index in [9.17, 15) is 0 Å². The van der Waals surface area contributed by atoms with E-state index < -0.39 is 0 Å². The van der Waals surface area contributed by atoms with Crippen LogP contribution in [0.5, 0.6) is 11.5 Å². The molecule has 0 bridgehead atoms. The molecule has 4 heteroatoms. The van der Waals surface area contributed by atoms with Gasteiger partial charge in [-0.1, -0.05) is 12.1 Å². The summed E-state index contributed by atoms with van der Waals surface area (Å²) in [5.74, 6) is 1.63. The molecule has 0 fully saturated rings. The summed E-state index contributed by atoms with van der Waals surface area (Å²) in [6.07, 6.45) is 0. The van der Waals surface area contributed by atoms with Crippen molar-refractivity contribution in [3.8, 4) is 11.5 Å². The number of nitrogens with two attached hydrogens (primary N) is 1. The van der Waals surface area contributed by atoms with Gasteiger partial charge in [0.1, 0.15) is 11.5 Å². The summed E-state index contributed by atoms with van der Waals surface area (Å²) in [5, 5.41) is 0. The Morgan fingerprint density at radius 3 is 2.30 bits per heavy atom. The Balaban J connectivity index is 1.93. The van der Waals surface area contributed by atoms with Gasteiger partial charge in [0.05, 0.1) is 27.4 Å². The zero-order chi connectivity index (χ0) is 14.4. The second-order valence-corrected chi connectivity index (χ2v) is 4.41. The normalized spacial score (nSPS) is 10.3. The molecular formula is C16H19NO3. The van der Waals surface area contributed by atoms with E-state index in [1.807, 2.05) is 42.5 Å². The largest absolute Gasteiger partial charge is 0.497 e. The van der Waals surface area contributed by atoms with Gasteiger partial charge in [0.2, 0.25) is 0 Å². The fourth-order valence-corrected chi connectivity index (χ4v) is 1.91. The average molecular weight is 273 g/mol. The van der Waals surface area contributed by atoms with E-state index in [0.29, 0.717) is 18.9 Å². The molecule has 20 heavy (non-hydrogen) atoms. The maximum Gasteiger partial charge on any atom is 0.124 e. The Bertz CT molecular complexity index is 552. The van der Waals surface area contributed by atoms with Crippen molar-refractivity contribution in [2.45, 2.75) is 13.2 Å². The van der Waals surface area contributed by atoms with Crippen LogP contribution in [0, 0.1) is 0 Å². The molecule has 0 heterocycles. The number of anilines is 1. The van der Waals surface area contributed by atoms with E-state index >= 15 is 0 Å². The third-order valence-electron chi connectivity index (χ3n) is 2.99. The van der Waals surface area contributed by atoms with Crippen molar-refractivity contribution in [1.29, 1.82) is 0 Å². The SMILES string of the molecule is COc1ccc(COCc2cc(N)ccc2OC)cc1. The molecule has 0 unspecified atom stereocenters. The predicted octanol–water partition coefficient (Wildman–Crippen LogP) is 3.00. The quantitative estimate of drug-likeness (QED) is 0.822. The first-order valence-electron chi connectivity index (χ1n) is 6.36. The Morgan fingerprint density at radius 1 is 0.900 bits per heavy atom. The molecule has 0 saturated carbocycles. The molecule has 0 amide bonds. The lowest BCUT2D eigenvalue weighted by atomic mass is 10.2. The molecular weight excluding hydrogens is 254 g/mol. The van der Waals surface area contributed by atoms with Crippen LogP contribution >= 0.6 is 0 Å². The fraction of sp³-hybridized carbons (Fsp3) is 0.250. The smallest absolute Gasteiger partial charge is 0.124 e. The third kappa shape index (κ3) is 3.65. The van der Waals surface area contributed by atoms with Crippen LogP contribution < -0.4 is 15.2 Å². The van der Waals surface area contributed by atoms with Crippen LogP contribution in [-0.2, 0) is 18.0 Å². The lowest BCUT2D eigenvalue weighted by molar-refractivity contribution is 0.105. The Hall–Kier alpha value is -2.20. The molecule has 0 saturated heterocycles. The Labute approximate surface area is 119 Å². The minimum atomic E-state index is 0.459. The van der Waals surface area contributed by atoms with Gasteiger partial charge in [-0.25, -0.2) is 0 Å². The summed E-state index contributed by atoms with van der Waals surface area (Å²) in [7, 11) is 3.29. The highest BCUT2D eigenvalue weighted by molar-refractivity contribution is 5.47. The number of hydrogen-bond acceptors (Lipinski definition) is 4. The summed E-state index contributed by atoms with van der Waals surface area (Å²) in [6, 6.07) is 13.3. The minimum absolute atomic E-state index is 0.459. The van der Waals surface area contributed by atoms with Gasteiger partial charge in [-0.05, 0) is 35.9 Å². The first kappa shape index (κ1) is 14.2. The molecule has 2 aromatic rings. The summed E-state index contributed by atoms with van der Waals surface area (Å²) in [4.78, 5) is 0. The third-order valence-corrected chi connectivity index (χ3v) is 2.99. The van der Waals surface area contributed by atoms with Crippen molar-refractivity contribution in [3.05, 3.63) is 53.6 Å². The highest BCUT2D eigenvalue weighted by atomic mass is 16.5. The molecule has 106 valence electrons. The maximum atomic E-state index is 5.77. The van der Waals surface area contributed by atoms with Crippen molar-refractivity contribution < 1.29 is 14.2 Å². The maximum absolute atomic E-state index is 5.77. The van der Waals surface area contributed by atoms with Crippen LogP contribution in [0.2, 0.25) is 0 Å². The number of nitrogen functional groups attached to an aromatic ring is 1. The second-order valence-electron chi connectivity index (χ2n) is 4.41. The number of methoxy groups -OCH3 is 2. The van der Waals surface area contributed by atoms with Crippen LogP contribution in [0.3, 0.4) is 0 Å². The zero-order valence-electron chi connectivity index (χ0n) is 11.8. The van der Waals surface area contributed by atoms with Crippen LogP contribution in [0.15, 0.2) is 42.5 Å². The Morgan fingerprint density at radius 2 is 1.65 bits per heavy atom. The Kier molecular flexibility index (Phi) is 4.85. The lowest BCUT2D eigenvalue weighted by Crippen LogP contribution is -1.98. The molecule has 0 spiro atoms. The van der Waals surface area contributed by atoms with Crippen LogP contribution in [0.4, 0.5) is 5.69 Å². The van der Waals surface area contributed by atoms with Crippen molar-refractivity contribution >= 4 is 5.69 Å². The summed E-state index contributed by atoms with van der Waals surface area (Å²) in [5.41, 5.74) is 8.51. The standard InChI is InChI=1S/C16H19NO3/c1-18-15-6-3-12(4-7-15)10-20-11-13-9-14(17)5-8-16(13)19-2/h3-9H,10-11,17H2,1-2H3. The number of benzene rings is 2. The van der Waals surface area contributed by atoms with Gasteiger partial charge < -0.3 is 19.9 Å². The zero-order valence-corrected chi connectivity index (χ0v) is 11.8. The van der Waals surface area contributed by atoms with Crippen molar-refractivity contribution in [2.24, 2.45) is 0 Å². The topological polar surface area (TPSA) is 53.7 Å². The first-order valence-corrected chi connectivity index (χ1v) is 6.36. The van der Waals surface area contributed by atoms with Crippen LogP contribution in [0.25, 0.3) is 0 Å². The van der Waals surface area contributed by atoms with Crippen molar-refractivity contribution in [1.82, 2.24) is 0 Å². The molecule has 2 aromatic carbocycles. The molecule has 0 radical (unpaired) electrons. The molecule has 2 N–H and O–H groups in total. The van der Waals surface area contributed by atoms with E-state index in [-0.39, 0.29) is 0 Å². The molecule has 0 aliphatic heterocycles. The number of hydrogen-bond donors (Lipinski definition) is 1. The first-order chi connectivity index (χ1) is 9.72. The van der Waals surface area contributed by atoms with Gasteiger partial charge in [0, 0.05) is 11.3 Å². The van der Waals surface area contributed by atoms with Crippen molar-refractivity contribution in [3.63, 3.8) is 0 Å². The van der Waals surface area contributed by atoms with E-state index in [4.69, 9.17) is 19.9 Å². The van der Waals surface area contributed by atoms with Crippen LogP contribution in [-0.4, -0.2) is 14.2 Å². The molecule has 0 aliphatic carbocycles. The molecule has 4 nitrogen and oxygen atoms in total. The summed E-state index contributed by atoms with van der Waals surface area (Å²) in [6.45, 7) is 0.988. The minimum Gasteiger partial charge on any atom is -0.497 e. The molecule has 2 rings (SSSR count). The monoisotopic (exact) mass is 273 g/mol. The van der Waals surface area contributed by atoms with Gasteiger partial charge in [0.15, 0.2) is 0 Å². The van der Waals surface area contributed by atoms with Gasteiger partial charge >= 0.3 is 0 Å².